The normalized spacial score (nSPS) is 16.9. The van der Waals surface area contributed by atoms with Crippen molar-refractivity contribution in [2.45, 2.75) is 25.3 Å². The molecule has 1 heterocycles. The van der Waals surface area contributed by atoms with Gasteiger partial charge in [0.1, 0.15) is 11.6 Å². The fourth-order valence-electron chi connectivity index (χ4n) is 3.81. The van der Waals surface area contributed by atoms with E-state index in [1.165, 1.54) is 6.07 Å². The van der Waals surface area contributed by atoms with Crippen LogP contribution in [0.2, 0.25) is 10.0 Å². The van der Waals surface area contributed by atoms with Crippen molar-refractivity contribution < 1.29 is 13.9 Å². The Bertz CT molecular complexity index is 929. The van der Waals surface area contributed by atoms with Crippen molar-refractivity contribution in [2.75, 3.05) is 26.0 Å². The maximum atomic E-state index is 14.5. The van der Waals surface area contributed by atoms with Gasteiger partial charge < -0.3 is 4.74 Å². The van der Waals surface area contributed by atoms with Crippen LogP contribution in [0.15, 0.2) is 30.3 Å². The summed E-state index contributed by atoms with van der Waals surface area (Å²) in [7, 11) is 0. The highest BCUT2D eigenvalue weighted by molar-refractivity contribution is 7.97. The smallest absolute Gasteiger partial charge is 0.264 e. The standard InChI is InChI=1S/C22H23Cl2FN2O2S/c1-30-26-22(28)19-7-18(15-2-3-15)21(8-20(19)25)29-12-14-10-27(11-14)9-13-4-16(23)6-17(24)5-13/h4-8,14-15H,2-3,9-12H2,1H3,(H,26,28). The topological polar surface area (TPSA) is 41.6 Å². The highest BCUT2D eigenvalue weighted by Gasteiger charge is 2.31. The molecular formula is C22H23Cl2FN2O2S. The van der Waals surface area contributed by atoms with E-state index in [9.17, 15) is 9.18 Å². The molecule has 2 aliphatic rings. The van der Waals surface area contributed by atoms with Gasteiger partial charge in [-0.15, -0.1) is 0 Å². The highest BCUT2D eigenvalue weighted by atomic mass is 35.5. The number of amides is 1. The van der Waals surface area contributed by atoms with Crippen LogP contribution in [-0.4, -0.2) is 36.8 Å². The molecule has 0 aromatic heterocycles. The zero-order chi connectivity index (χ0) is 21.3. The number of carbonyl (C=O) groups is 1. The SMILES string of the molecule is CSNC(=O)c1cc(C2CC2)c(OCC2CN(Cc3cc(Cl)cc(Cl)c3)C2)cc1F. The average Bonchev–Trinajstić information content (AvgIpc) is 3.48. The van der Waals surface area contributed by atoms with Gasteiger partial charge in [0.05, 0.1) is 12.2 Å². The van der Waals surface area contributed by atoms with E-state index in [-0.39, 0.29) is 5.56 Å². The Labute approximate surface area is 190 Å². The summed E-state index contributed by atoms with van der Waals surface area (Å²) in [5, 5.41) is 1.28. The lowest BCUT2D eigenvalue weighted by Crippen LogP contribution is -2.48. The van der Waals surface area contributed by atoms with Gasteiger partial charge in [-0.05, 0) is 54.2 Å². The highest BCUT2D eigenvalue weighted by Crippen LogP contribution is 2.45. The number of hydrogen-bond acceptors (Lipinski definition) is 4. The summed E-state index contributed by atoms with van der Waals surface area (Å²) in [5.41, 5.74) is 2.10. The predicted molar refractivity (Wildman–Crippen MR) is 120 cm³/mol. The van der Waals surface area contributed by atoms with Crippen LogP contribution >= 0.6 is 35.1 Å². The molecule has 2 fully saturated rings. The second kappa shape index (κ2) is 9.35. The lowest BCUT2D eigenvalue weighted by Gasteiger charge is -2.39. The lowest BCUT2D eigenvalue weighted by atomic mass is 10.00. The minimum absolute atomic E-state index is 0.0774. The van der Waals surface area contributed by atoms with Crippen LogP contribution in [0.3, 0.4) is 0 Å². The summed E-state index contributed by atoms with van der Waals surface area (Å²) < 4.78 is 23.1. The molecule has 0 unspecified atom stereocenters. The van der Waals surface area contributed by atoms with Gasteiger partial charge in [0, 0.05) is 47.9 Å². The van der Waals surface area contributed by atoms with E-state index in [0.717, 1.165) is 55.6 Å². The molecule has 2 aromatic carbocycles. The summed E-state index contributed by atoms with van der Waals surface area (Å²) in [4.78, 5) is 14.4. The lowest BCUT2D eigenvalue weighted by molar-refractivity contribution is 0.0554. The summed E-state index contributed by atoms with van der Waals surface area (Å²) in [6.45, 7) is 3.12. The maximum absolute atomic E-state index is 14.5. The van der Waals surface area contributed by atoms with E-state index in [2.05, 4.69) is 9.62 Å². The molecule has 1 N–H and O–H groups in total. The molecule has 0 spiro atoms. The number of halogens is 3. The van der Waals surface area contributed by atoms with Crippen LogP contribution in [-0.2, 0) is 6.54 Å². The minimum Gasteiger partial charge on any atom is -0.493 e. The van der Waals surface area contributed by atoms with Crippen LogP contribution < -0.4 is 9.46 Å². The van der Waals surface area contributed by atoms with Crippen LogP contribution in [0.1, 0.15) is 40.2 Å². The van der Waals surface area contributed by atoms with Crippen LogP contribution in [0.4, 0.5) is 4.39 Å². The van der Waals surface area contributed by atoms with Crippen molar-refractivity contribution in [2.24, 2.45) is 5.92 Å². The average molecular weight is 469 g/mol. The van der Waals surface area contributed by atoms with Gasteiger partial charge >= 0.3 is 0 Å². The first-order valence-corrected chi connectivity index (χ1v) is 11.9. The first kappa shape index (κ1) is 21.8. The van der Waals surface area contributed by atoms with E-state index in [1.807, 2.05) is 12.1 Å². The van der Waals surface area contributed by atoms with Gasteiger partial charge in [-0.2, -0.15) is 0 Å². The van der Waals surface area contributed by atoms with Crippen molar-refractivity contribution in [3.8, 4) is 5.75 Å². The molecule has 1 saturated carbocycles. The fourth-order valence-corrected chi connectivity index (χ4v) is 4.68. The van der Waals surface area contributed by atoms with E-state index < -0.39 is 11.7 Å². The predicted octanol–water partition coefficient (Wildman–Crippen LogP) is 5.53. The van der Waals surface area contributed by atoms with Gasteiger partial charge in [-0.3, -0.25) is 14.4 Å². The van der Waals surface area contributed by atoms with E-state index in [4.69, 9.17) is 27.9 Å². The molecule has 0 atom stereocenters. The van der Waals surface area contributed by atoms with Crippen molar-refractivity contribution in [1.82, 2.24) is 9.62 Å². The second-order valence-corrected chi connectivity index (χ2v) is 9.41. The molecule has 4 nitrogen and oxygen atoms in total. The summed E-state index contributed by atoms with van der Waals surface area (Å²) >= 11 is 13.3. The van der Waals surface area contributed by atoms with Gasteiger partial charge in [0.2, 0.25) is 0 Å². The first-order chi connectivity index (χ1) is 14.4. The van der Waals surface area contributed by atoms with Crippen LogP contribution in [0.5, 0.6) is 5.75 Å². The number of carbonyl (C=O) groups excluding carboxylic acids is 1. The van der Waals surface area contributed by atoms with Crippen LogP contribution in [0.25, 0.3) is 0 Å². The number of rotatable bonds is 8. The molecule has 1 amide bonds. The Morgan fingerprint density at radius 2 is 1.90 bits per heavy atom. The second-order valence-electron chi connectivity index (χ2n) is 7.93. The fraction of sp³-hybridized carbons (Fsp3) is 0.409. The molecule has 1 aliphatic carbocycles. The summed E-state index contributed by atoms with van der Waals surface area (Å²) in [6, 6.07) is 8.61. The monoisotopic (exact) mass is 468 g/mol. The quantitative estimate of drug-likeness (QED) is 0.517. The third-order valence-corrected chi connectivity index (χ3v) is 6.22. The van der Waals surface area contributed by atoms with E-state index in [0.29, 0.717) is 34.2 Å². The molecule has 0 bridgehead atoms. The van der Waals surface area contributed by atoms with Crippen molar-refractivity contribution in [3.63, 3.8) is 0 Å². The number of ether oxygens (including phenoxy) is 1. The van der Waals surface area contributed by atoms with Crippen LogP contribution in [0, 0.1) is 11.7 Å². The van der Waals surface area contributed by atoms with Gasteiger partial charge in [-0.25, -0.2) is 4.39 Å². The van der Waals surface area contributed by atoms with E-state index >= 15 is 0 Å². The van der Waals surface area contributed by atoms with Gasteiger partial charge in [-0.1, -0.05) is 35.1 Å². The zero-order valence-electron chi connectivity index (χ0n) is 16.6. The summed E-state index contributed by atoms with van der Waals surface area (Å²) in [6.07, 6.45) is 3.83. The molecule has 30 heavy (non-hydrogen) atoms. The Balaban J connectivity index is 1.34. The van der Waals surface area contributed by atoms with Gasteiger partial charge in [0.25, 0.3) is 5.91 Å². The van der Waals surface area contributed by atoms with Crippen molar-refractivity contribution in [3.05, 3.63) is 62.9 Å². The third kappa shape index (κ3) is 5.22. The van der Waals surface area contributed by atoms with Crippen molar-refractivity contribution in [1.29, 1.82) is 0 Å². The Morgan fingerprint density at radius 3 is 2.53 bits per heavy atom. The Hall–Kier alpha value is -1.47. The number of nitrogens with zero attached hydrogens (tertiary/aromatic N) is 1. The molecule has 1 saturated heterocycles. The number of nitrogens with one attached hydrogen (secondary N) is 1. The van der Waals surface area contributed by atoms with Gasteiger partial charge in [0.15, 0.2) is 0 Å². The molecule has 8 heteroatoms. The summed E-state index contributed by atoms with van der Waals surface area (Å²) in [5.74, 6) is 0.343. The van der Waals surface area contributed by atoms with E-state index in [1.54, 1.807) is 18.4 Å². The minimum atomic E-state index is -0.547. The Morgan fingerprint density at radius 1 is 1.20 bits per heavy atom. The molecule has 2 aromatic rings. The number of benzene rings is 2. The molecule has 1 aliphatic heterocycles. The molecular weight excluding hydrogens is 446 g/mol. The maximum Gasteiger partial charge on any atom is 0.264 e. The molecule has 4 rings (SSSR count). The largest absolute Gasteiger partial charge is 0.493 e. The van der Waals surface area contributed by atoms with Crippen molar-refractivity contribution >= 4 is 41.1 Å². The number of likely N-dealkylation sites (tertiary alicyclic amines) is 1. The first-order valence-electron chi connectivity index (χ1n) is 9.90. The molecule has 160 valence electrons. The Kier molecular flexibility index (Phi) is 6.78. The third-order valence-electron chi connectivity index (χ3n) is 5.39. The number of hydrogen-bond donors (Lipinski definition) is 1. The molecule has 0 radical (unpaired) electrons. The zero-order valence-corrected chi connectivity index (χ0v) is 18.9.